The minimum atomic E-state index is -0.586. The van der Waals surface area contributed by atoms with Gasteiger partial charge in [0.2, 0.25) is 11.8 Å². The van der Waals surface area contributed by atoms with Crippen molar-refractivity contribution in [3.05, 3.63) is 65.2 Å². The first kappa shape index (κ1) is 17.3. The SMILES string of the molecule is O=C1CCC(N2CCc3ccc(OCc4ccccc4)cc3C2=O)C(=O)N1. The van der Waals surface area contributed by atoms with Gasteiger partial charge in [-0.05, 0) is 36.1 Å². The lowest BCUT2D eigenvalue weighted by atomic mass is 9.95. The molecular weight excluding hydrogens is 344 g/mol. The van der Waals surface area contributed by atoms with Gasteiger partial charge in [-0.1, -0.05) is 36.4 Å². The van der Waals surface area contributed by atoms with Gasteiger partial charge in [0, 0.05) is 18.5 Å². The van der Waals surface area contributed by atoms with Crippen molar-refractivity contribution in [2.75, 3.05) is 6.54 Å². The zero-order valence-electron chi connectivity index (χ0n) is 14.8. The fourth-order valence-electron chi connectivity index (χ4n) is 3.58. The van der Waals surface area contributed by atoms with Crippen molar-refractivity contribution >= 4 is 17.7 Å². The van der Waals surface area contributed by atoms with E-state index in [2.05, 4.69) is 5.32 Å². The number of hydrogen-bond donors (Lipinski definition) is 1. The number of carbonyl (C=O) groups is 3. The summed E-state index contributed by atoms with van der Waals surface area (Å²) >= 11 is 0. The second-order valence-electron chi connectivity index (χ2n) is 6.81. The van der Waals surface area contributed by atoms with Crippen molar-refractivity contribution in [3.8, 4) is 5.75 Å². The van der Waals surface area contributed by atoms with Gasteiger partial charge in [0.05, 0.1) is 0 Å². The Bertz CT molecular complexity index is 894. The van der Waals surface area contributed by atoms with Crippen LogP contribution in [0, 0.1) is 0 Å². The normalized spacial score (nSPS) is 19.5. The van der Waals surface area contributed by atoms with Crippen LogP contribution in [-0.4, -0.2) is 35.2 Å². The summed E-state index contributed by atoms with van der Waals surface area (Å²) in [4.78, 5) is 38.1. The third-order valence-electron chi connectivity index (χ3n) is 5.03. The first-order chi connectivity index (χ1) is 13.1. The van der Waals surface area contributed by atoms with Crippen molar-refractivity contribution in [1.29, 1.82) is 0 Å². The molecule has 2 aliphatic heterocycles. The molecule has 0 spiro atoms. The molecule has 1 atom stereocenters. The Morgan fingerprint density at radius 1 is 1.04 bits per heavy atom. The molecule has 0 aliphatic carbocycles. The number of nitrogens with one attached hydrogen (secondary N) is 1. The van der Waals surface area contributed by atoms with Crippen LogP contribution in [-0.2, 0) is 22.6 Å². The molecule has 1 unspecified atom stereocenters. The van der Waals surface area contributed by atoms with Gasteiger partial charge in [-0.2, -0.15) is 0 Å². The number of benzene rings is 2. The Kier molecular flexibility index (Phi) is 4.62. The van der Waals surface area contributed by atoms with E-state index in [0.29, 0.717) is 37.3 Å². The highest BCUT2D eigenvalue weighted by Gasteiger charge is 2.37. The van der Waals surface area contributed by atoms with Crippen LogP contribution in [0.2, 0.25) is 0 Å². The number of rotatable bonds is 4. The largest absolute Gasteiger partial charge is 0.489 e. The molecule has 0 bridgehead atoms. The summed E-state index contributed by atoms with van der Waals surface area (Å²) in [7, 11) is 0. The van der Waals surface area contributed by atoms with Crippen molar-refractivity contribution in [3.63, 3.8) is 0 Å². The molecule has 1 fully saturated rings. The second-order valence-corrected chi connectivity index (χ2v) is 6.81. The zero-order chi connectivity index (χ0) is 18.8. The van der Waals surface area contributed by atoms with E-state index in [0.717, 1.165) is 11.1 Å². The molecule has 138 valence electrons. The number of imide groups is 1. The van der Waals surface area contributed by atoms with Gasteiger partial charge in [0.15, 0.2) is 0 Å². The molecule has 2 aliphatic rings. The number of hydrogen-bond acceptors (Lipinski definition) is 4. The maximum absolute atomic E-state index is 13.0. The van der Waals surface area contributed by atoms with Crippen molar-refractivity contribution in [1.82, 2.24) is 10.2 Å². The van der Waals surface area contributed by atoms with Crippen molar-refractivity contribution < 1.29 is 19.1 Å². The third-order valence-corrected chi connectivity index (χ3v) is 5.03. The minimum Gasteiger partial charge on any atom is -0.489 e. The second kappa shape index (κ2) is 7.23. The highest BCUT2D eigenvalue weighted by molar-refractivity contribution is 6.04. The van der Waals surface area contributed by atoms with Gasteiger partial charge in [-0.3, -0.25) is 19.7 Å². The van der Waals surface area contributed by atoms with Crippen molar-refractivity contribution in [2.45, 2.75) is 31.9 Å². The summed E-state index contributed by atoms with van der Waals surface area (Å²) in [6, 6.07) is 14.8. The lowest BCUT2D eigenvalue weighted by molar-refractivity contribution is -0.136. The predicted molar refractivity (Wildman–Crippen MR) is 98.1 cm³/mol. The van der Waals surface area contributed by atoms with Crippen LogP contribution in [0.4, 0.5) is 0 Å². The first-order valence-corrected chi connectivity index (χ1v) is 9.06. The van der Waals surface area contributed by atoms with Crippen LogP contribution in [0.15, 0.2) is 48.5 Å². The molecule has 27 heavy (non-hydrogen) atoms. The molecule has 1 N–H and O–H groups in total. The fraction of sp³-hybridized carbons (Fsp3) is 0.286. The molecule has 0 saturated carbocycles. The number of piperidine rings is 1. The van der Waals surface area contributed by atoms with E-state index in [1.165, 1.54) is 0 Å². The van der Waals surface area contributed by atoms with E-state index >= 15 is 0 Å². The van der Waals surface area contributed by atoms with Crippen LogP contribution >= 0.6 is 0 Å². The van der Waals surface area contributed by atoms with E-state index in [9.17, 15) is 14.4 Å². The molecule has 1 saturated heterocycles. The van der Waals surface area contributed by atoms with Gasteiger partial charge in [0.1, 0.15) is 18.4 Å². The summed E-state index contributed by atoms with van der Waals surface area (Å²) in [6.45, 7) is 0.896. The lowest BCUT2D eigenvalue weighted by Crippen LogP contribution is -2.55. The lowest BCUT2D eigenvalue weighted by Gasteiger charge is -2.36. The van der Waals surface area contributed by atoms with E-state index < -0.39 is 6.04 Å². The summed E-state index contributed by atoms with van der Waals surface area (Å²) in [5.41, 5.74) is 2.57. The van der Waals surface area contributed by atoms with Gasteiger partial charge < -0.3 is 9.64 Å². The standard InChI is InChI=1S/C21H20N2O4/c24-19-9-8-18(20(25)22-19)23-11-10-15-6-7-16(12-17(15)21(23)26)27-13-14-4-2-1-3-5-14/h1-7,12,18H,8-11,13H2,(H,22,24,25). The molecule has 2 aromatic carbocycles. The Balaban J connectivity index is 1.51. The highest BCUT2D eigenvalue weighted by Crippen LogP contribution is 2.27. The van der Waals surface area contributed by atoms with E-state index in [4.69, 9.17) is 4.74 Å². The van der Waals surface area contributed by atoms with Gasteiger partial charge in [0.25, 0.3) is 5.91 Å². The summed E-state index contributed by atoms with van der Waals surface area (Å²) in [6.07, 6.45) is 1.31. The molecule has 0 radical (unpaired) electrons. The Hall–Kier alpha value is -3.15. The average Bonchev–Trinajstić information content (AvgIpc) is 2.68. The molecule has 6 heteroatoms. The number of carbonyl (C=O) groups excluding carboxylic acids is 3. The minimum absolute atomic E-state index is 0.184. The highest BCUT2D eigenvalue weighted by atomic mass is 16.5. The topological polar surface area (TPSA) is 75.7 Å². The first-order valence-electron chi connectivity index (χ1n) is 9.06. The summed E-state index contributed by atoms with van der Waals surface area (Å²) in [5, 5.41) is 2.32. The maximum Gasteiger partial charge on any atom is 0.254 e. The van der Waals surface area contributed by atoms with Crippen molar-refractivity contribution in [2.24, 2.45) is 0 Å². The van der Waals surface area contributed by atoms with Gasteiger partial charge >= 0.3 is 0 Å². The molecule has 2 aromatic rings. The smallest absolute Gasteiger partial charge is 0.254 e. The molecule has 6 nitrogen and oxygen atoms in total. The van der Waals surface area contributed by atoms with Crippen LogP contribution in [0.25, 0.3) is 0 Å². The van der Waals surface area contributed by atoms with Gasteiger partial charge in [-0.25, -0.2) is 0 Å². The monoisotopic (exact) mass is 364 g/mol. The van der Waals surface area contributed by atoms with E-state index in [1.807, 2.05) is 42.5 Å². The van der Waals surface area contributed by atoms with Crippen LogP contribution < -0.4 is 10.1 Å². The molecule has 3 amide bonds. The number of ether oxygens (including phenoxy) is 1. The number of nitrogens with zero attached hydrogens (tertiary/aromatic N) is 1. The zero-order valence-corrected chi connectivity index (χ0v) is 14.8. The molecule has 4 rings (SSSR count). The predicted octanol–water partition coefficient (Wildman–Crippen LogP) is 2.07. The van der Waals surface area contributed by atoms with Gasteiger partial charge in [-0.15, -0.1) is 0 Å². The quantitative estimate of drug-likeness (QED) is 0.843. The fourth-order valence-corrected chi connectivity index (χ4v) is 3.58. The number of fused-ring (bicyclic) bond motifs is 1. The maximum atomic E-state index is 13.0. The van der Waals surface area contributed by atoms with E-state index in [-0.39, 0.29) is 24.1 Å². The third kappa shape index (κ3) is 3.56. The molecule has 0 aromatic heterocycles. The Morgan fingerprint density at radius 2 is 1.85 bits per heavy atom. The summed E-state index contributed by atoms with van der Waals surface area (Å²) in [5.74, 6) is -0.232. The van der Waals surface area contributed by atoms with Crippen LogP contribution in [0.1, 0.15) is 34.3 Å². The van der Waals surface area contributed by atoms with E-state index in [1.54, 1.807) is 11.0 Å². The summed E-state index contributed by atoms with van der Waals surface area (Å²) < 4.78 is 5.83. The number of amides is 3. The Morgan fingerprint density at radius 3 is 2.63 bits per heavy atom. The van der Waals surface area contributed by atoms with Crippen LogP contribution in [0.3, 0.4) is 0 Å². The Labute approximate surface area is 157 Å². The molecular formula is C21H20N2O4. The average molecular weight is 364 g/mol. The molecule has 2 heterocycles. The van der Waals surface area contributed by atoms with Crippen LogP contribution in [0.5, 0.6) is 5.75 Å².